The van der Waals surface area contributed by atoms with Crippen molar-refractivity contribution in [3.8, 4) is 16.9 Å². The summed E-state index contributed by atoms with van der Waals surface area (Å²) in [5.74, 6) is -0.545. The predicted molar refractivity (Wildman–Crippen MR) is 126 cm³/mol. The van der Waals surface area contributed by atoms with E-state index in [0.29, 0.717) is 13.1 Å². The van der Waals surface area contributed by atoms with E-state index in [1.165, 1.54) is 0 Å². The molecule has 1 fully saturated rings. The normalized spacial score (nSPS) is 15.6. The molecule has 0 aliphatic carbocycles. The van der Waals surface area contributed by atoms with E-state index in [9.17, 15) is 9.59 Å². The second kappa shape index (κ2) is 9.08. The SMILES string of the molecule is O=C(NCc1cn(-c2ccccc2)nc1-c1ccncc1)C1CC(=O)N(c2ccccc2)C1. The maximum absolute atomic E-state index is 12.9. The first-order valence-electron chi connectivity index (χ1n) is 10.9. The minimum atomic E-state index is -0.383. The van der Waals surface area contributed by atoms with Crippen LogP contribution in [0.1, 0.15) is 12.0 Å². The number of carbonyl (C=O) groups excluding carboxylic acids is 2. The molecule has 1 saturated heterocycles. The quantitative estimate of drug-likeness (QED) is 0.500. The summed E-state index contributed by atoms with van der Waals surface area (Å²) in [5, 5.41) is 7.79. The molecule has 5 rings (SSSR count). The monoisotopic (exact) mass is 437 g/mol. The van der Waals surface area contributed by atoms with E-state index in [1.807, 2.05) is 83.7 Å². The summed E-state index contributed by atoms with van der Waals surface area (Å²) in [5.41, 5.74) is 4.36. The van der Waals surface area contributed by atoms with Crippen LogP contribution < -0.4 is 10.2 Å². The van der Waals surface area contributed by atoms with Gasteiger partial charge in [0.15, 0.2) is 0 Å². The summed E-state index contributed by atoms with van der Waals surface area (Å²) >= 11 is 0. The lowest BCUT2D eigenvalue weighted by molar-refractivity contribution is -0.126. The summed E-state index contributed by atoms with van der Waals surface area (Å²) in [4.78, 5) is 31.2. The summed E-state index contributed by atoms with van der Waals surface area (Å²) in [6, 6.07) is 23.1. The van der Waals surface area contributed by atoms with Crippen LogP contribution in [-0.4, -0.2) is 33.1 Å². The van der Waals surface area contributed by atoms with Crippen LogP contribution in [0, 0.1) is 5.92 Å². The molecule has 164 valence electrons. The number of nitrogens with zero attached hydrogens (tertiary/aromatic N) is 4. The molecule has 2 amide bonds. The van der Waals surface area contributed by atoms with Gasteiger partial charge in [-0.05, 0) is 36.4 Å². The molecular formula is C26H23N5O2. The maximum atomic E-state index is 12.9. The highest BCUT2D eigenvalue weighted by Gasteiger charge is 2.35. The van der Waals surface area contributed by atoms with Crippen LogP contribution in [0.3, 0.4) is 0 Å². The average molecular weight is 438 g/mol. The van der Waals surface area contributed by atoms with Crippen molar-refractivity contribution < 1.29 is 9.59 Å². The van der Waals surface area contributed by atoms with Crippen molar-refractivity contribution in [1.29, 1.82) is 0 Å². The van der Waals surface area contributed by atoms with E-state index < -0.39 is 0 Å². The fraction of sp³-hybridized carbons (Fsp3) is 0.154. The van der Waals surface area contributed by atoms with Gasteiger partial charge in [0.1, 0.15) is 0 Å². The molecular weight excluding hydrogens is 414 g/mol. The van der Waals surface area contributed by atoms with Crippen molar-refractivity contribution in [3.05, 3.63) is 97.0 Å². The lowest BCUT2D eigenvalue weighted by atomic mass is 10.1. The van der Waals surface area contributed by atoms with Crippen LogP contribution in [0.5, 0.6) is 0 Å². The van der Waals surface area contributed by atoms with E-state index in [0.717, 1.165) is 28.2 Å². The van der Waals surface area contributed by atoms with Crippen LogP contribution in [-0.2, 0) is 16.1 Å². The largest absolute Gasteiger partial charge is 0.352 e. The number of carbonyl (C=O) groups is 2. The summed E-state index contributed by atoms with van der Waals surface area (Å²) in [7, 11) is 0. The summed E-state index contributed by atoms with van der Waals surface area (Å²) < 4.78 is 1.81. The molecule has 1 aliphatic rings. The number of nitrogens with one attached hydrogen (secondary N) is 1. The molecule has 1 atom stereocenters. The predicted octanol–water partition coefficient (Wildman–Crippen LogP) is 3.60. The average Bonchev–Trinajstić information content (AvgIpc) is 3.48. The Kier molecular flexibility index (Phi) is 5.68. The number of hydrogen-bond donors (Lipinski definition) is 1. The van der Waals surface area contributed by atoms with Crippen LogP contribution >= 0.6 is 0 Å². The molecule has 4 aromatic rings. The lowest BCUT2D eigenvalue weighted by Crippen LogP contribution is -2.32. The van der Waals surface area contributed by atoms with E-state index in [1.54, 1.807) is 17.3 Å². The van der Waals surface area contributed by atoms with Gasteiger partial charge in [-0.3, -0.25) is 14.6 Å². The number of aromatic nitrogens is 3. The third kappa shape index (κ3) is 4.39. The number of benzene rings is 2. The van der Waals surface area contributed by atoms with E-state index in [-0.39, 0.29) is 24.2 Å². The van der Waals surface area contributed by atoms with Gasteiger partial charge >= 0.3 is 0 Å². The fourth-order valence-electron chi connectivity index (χ4n) is 4.07. The van der Waals surface area contributed by atoms with Gasteiger partial charge in [0.2, 0.25) is 11.8 Å². The van der Waals surface area contributed by atoms with Gasteiger partial charge < -0.3 is 10.2 Å². The minimum Gasteiger partial charge on any atom is -0.352 e. The molecule has 7 nitrogen and oxygen atoms in total. The van der Waals surface area contributed by atoms with Crippen molar-refractivity contribution in [2.75, 3.05) is 11.4 Å². The Morgan fingerprint density at radius 1 is 0.939 bits per heavy atom. The van der Waals surface area contributed by atoms with Crippen LogP contribution in [0.25, 0.3) is 16.9 Å². The van der Waals surface area contributed by atoms with Crippen molar-refractivity contribution >= 4 is 17.5 Å². The van der Waals surface area contributed by atoms with E-state index in [4.69, 9.17) is 5.10 Å². The zero-order chi connectivity index (χ0) is 22.6. The number of anilines is 1. The number of amides is 2. The van der Waals surface area contributed by atoms with E-state index in [2.05, 4.69) is 10.3 Å². The Labute approximate surface area is 191 Å². The molecule has 1 N–H and O–H groups in total. The standard InChI is InChI=1S/C26H23N5O2/c32-24-15-20(17-30(24)22-7-3-1-4-8-22)26(33)28-16-21-18-31(23-9-5-2-6-10-23)29-25(21)19-11-13-27-14-12-19/h1-14,18,20H,15-17H2,(H,28,33). The second-order valence-corrected chi connectivity index (χ2v) is 7.98. The van der Waals surface area contributed by atoms with Gasteiger partial charge in [-0.15, -0.1) is 0 Å². The molecule has 33 heavy (non-hydrogen) atoms. The van der Waals surface area contributed by atoms with Gasteiger partial charge in [0, 0.05) is 54.9 Å². The summed E-state index contributed by atoms with van der Waals surface area (Å²) in [6.45, 7) is 0.703. The zero-order valence-electron chi connectivity index (χ0n) is 18.0. The number of para-hydroxylation sites is 2. The highest BCUT2D eigenvalue weighted by Crippen LogP contribution is 2.26. The topological polar surface area (TPSA) is 80.1 Å². The molecule has 0 saturated carbocycles. The molecule has 1 unspecified atom stereocenters. The van der Waals surface area contributed by atoms with Crippen molar-refractivity contribution in [1.82, 2.24) is 20.1 Å². The van der Waals surface area contributed by atoms with Crippen LogP contribution in [0.15, 0.2) is 91.4 Å². The van der Waals surface area contributed by atoms with Crippen LogP contribution in [0.4, 0.5) is 5.69 Å². The Morgan fingerprint density at radius 3 is 2.30 bits per heavy atom. The number of hydrogen-bond acceptors (Lipinski definition) is 4. The van der Waals surface area contributed by atoms with Gasteiger partial charge in [0.05, 0.1) is 17.3 Å². The minimum absolute atomic E-state index is 0.0317. The third-order valence-electron chi connectivity index (χ3n) is 5.78. The fourth-order valence-corrected chi connectivity index (χ4v) is 4.07. The molecule has 7 heteroatoms. The molecule has 0 radical (unpaired) electrons. The first-order chi connectivity index (χ1) is 16.2. The van der Waals surface area contributed by atoms with Crippen molar-refractivity contribution in [2.45, 2.75) is 13.0 Å². The van der Waals surface area contributed by atoms with Gasteiger partial charge in [0.25, 0.3) is 0 Å². The molecule has 2 aromatic heterocycles. The molecule has 0 bridgehead atoms. The number of pyridine rings is 1. The summed E-state index contributed by atoms with van der Waals surface area (Å²) in [6.07, 6.45) is 5.59. The number of rotatable bonds is 6. The Hall–Kier alpha value is -4.26. The first kappa shape index (κ1) is 20.6. The molecule has 1 aliphatic heterocycles. The highest BCUT2D eigenvalue weighted by atomic mass is 16.2. The molecule has 2 aromatic carbocycles. The first-order valence-corrected chi connectivity index (χ1v) is 10.9. The van der Waals surface area contributed by atoms with Gasteiger partial charge in [-0.1, -0.05) is 36.4 Å². The van der Waals surface area contributed by atoms with Gasteiger partial charge in [-0.2, -0.15) is 5.10 Å². The Morgan fingerprint density at radius 2 is 1.61 bits per heavy atom. The van der Waals surface area contributed by atoms with E-state index >= 15 is 0 Å². The van der Waals surface area contributed by atoms with Gasteiger partial charge in [-0.25, -0.2) is 4.68 Å². The third-order valence-corrected chi connectivity index (χ3v) is 5.78. The Bertz CT molecular complexity index is 1260. The van der Waals surface area contributed by atoms with Crippen molar-refractivity contribution in [3.63, 3.8) is 0 Å². The van der Waals surface area contributed by atoms with Crippen LogP contribution in [0.2, 0.25) is 0 Å². The molecule has 3 heterocycles. The smallest absolute Gasteiger partial charge is 0.227 e. The lowest BCUT2D eigenvalue weighted by Gasteiger charge is -2.16. The Balaban J connectivity index is 1.33. The molecule has 0 spiro atoms. The zero-order valence-corrected chi connectivity index (χ0v) is 18.0. The highest BCUT2D eigenvalue weighted by molar-refractivity contribution is 6.00. The van der Waals surface area contributed by atoms with Crippen molar-refractivity contribution in [2.24, 2.45) is 5.92 Å². The second-order valence-electron chi connectivity index (χ2n) is 7.98. The maximum Gasteiger partial charge on any atom is 0.227 e.